The quantitative estimate of drug-likeness (QED) is 0.623. The minimum Gasteiger partial charge on any atom is -0.381 e. The van der Waals surface area contributed by atoms with Gasteiger partial charge in [-0.2, -0.15) is 0 Å². The smallest absolute Gasteiger partial charge is 0.225 e. The maximum Gasteiger partial charge on any atom is 0.225 e. The predicted octanol–water partition coefficient (Wildman–Crippen LogP) is 3.82. The van der Waals surface area contributed by atoms with E-state index in [1.807, 2.05) is 11.4 Å². The Morgan fingerprint density at radius 2 is 2.26 bits per heavy atom. The van der Waals surface area contributed by atoms with E-state index in [9.17, 15) is 0 Å². The van der Waals surface area contributed by atoms with E-state index < -0.39 is 0 Å². The van der Waals surface area contributed by atoms with Gasteiger partial charge in [-0.05, 0) is 35.4 Å². The second-order valence-corrected chi connectivity index (χ2v) is 5.96. The summed E-state index contributed by atoms with van der Waals surface area (Å²) in [6, 6.07) is 2.01. The molecule has 0 radical (unpaired) electrons. The van der Waals surface area contributed by atoms with Crippen molar-refractivity contribution in [1.82, 2.24) is 9.97 Å². The molecular weight excluding hydrogens is 282 g/mol. The van der Waals surface area contributed by atoms with Gasteiger partial charge >= 0.3 is 0 Å². The van der Waals surface area contributed by atoms with Crippen LogP contribution in [-0.2, 0) is 4.74 Å². The number of aromatic nitrogens is 2. The zero-order valence-electron chi connectivity index (χ0n) is 11.1. The van der Waals surface area contributed by atoms with Crippen molar-refractivity contribution in [3.05, 3.63) is 16.7 Å². The van der Waals surface area contributed by atoms with E-state index in [4.69, 9.17) is 16.3 Å². The highest BCUT2D eigenvalue weighted by Crippen LogP contribution is 2.26. The Hall–Kier alpha value is -0.910. The molecule has 1 N–H and O–H groups in total. The van der Waals surface area contributed by atoms with E-state index in [0.717, 1.165) is 42.2 Å². The van der Waals surface area contributed by atoms with Crippen LogP contribution in [0.4, 0.5) is 5.82 Å². The lowest BCUT2D eigenvalue weighted by Crippen LogP contribution is -2.09. The fourth-order valence-electron chi connectivity index (χ4n) is 1.66. The summed E-state index contributed by atoms with van der Waals surface area (Å²) in [6.07, 6.45) is 0.944. The molecule has 0 saturated heterocycles. The number of halogens is 1. The molecule has 0 aliphatic rings. The fourth-order valence-corrected chi connectivity index (χ4v) is 2.65. The average molecular weight is 300 g/mol. The number of hydrogen-bond donors (Lipinski definition) is 1. The Kier molecular flexibility index (Phi) is 5.36. The highest BCUT2D eigenvalue weighted by atomic mass is 35.5. The Bertz CT molecular complexity index is 530. The molecule has 2 aromatic heterocycles. The van der Waals surface area contributed by atoms with Gasteiger partial charge in [0.25, 0.3) is 0 Å². The third kappa shape index (κ3) is 4.30. The Morgan fingerprint density at radius 3 is 3.05 bits per heavy atom. The zero-order chi connectivity index (χ0) is 13.7. The van der Waals surface area contributed by atoms with Gasteiger partial charge in [-0.1, -0.05) is 13.8 Å². The number of ether oxygens (including phenoxy) is 1. The van der Waals surface area contributed by atoms with Gasteiger partial charge in [-0.15, -0.1) is 11.3 Å². The van der Waals surface area contributed by atoms with Crippen molar-refractivity contribution in [1.29, 1.82) is 0 Å². The van der Waals surface area contributed by atoms with Crippen LogP contribution in [0, 0.1) is 5.92 Å². The van der Waals surface area contributed by atoms with Crippen molar-refractivity contribution in [2.24, 2.45) is 5.92 Å². The molecule has 2 aromatic rings. The molecule has 6 heteroatoms. The normalized spacial score (nSPS) is 11.4. The van der Waals surface area contributed by atoms with Crippen LogP contribution in [0.2, 0.25) is 5.28 Å². The Balaban J connectivity index is 1.83. The highest BCUT2D eigenvalue weighted by molar-refractivity contribution is 7.16. The van der Waals surface area contributed by atoms with E-state index in [-0.39, 0.29) is 5.28 Å². The number of anilines is 1. The monoisotopic (exact) mass is 299 g/mol. The Labute approximate surface area is 122 Å². The van der Waals surface area contributed by atoms with Crippen molar-refractivity contribution in [3.63, 3.8) is 0 Å². The lowest BCUT2D eigenvalue weighted by molar-refractivity contribution is 0.110. The van der Waals surface area contributed by atoms with Crippen LogP contribution in [0.15, 0.2) is 11.4 Å². The third-order valence-corrected chi connectivity index (χ3v) is 3.48. The van der Waals surface area contributed by atoms with Gasteiger partial charge < -0.3 is 10.1 Å². The van der Waals surface area contributed by atoms with E-state index in [2.05, 4.69) is 29.1 Å². The summed E-state index contributed by atoms with van der Waals surface area (Å²) in [5, 5.41) is 6.60. The van der Waals surface area contributed by atoms with Gasteiger partial charge in [0.1, 0.15) is 10.6 Å². The van der Waals surface area contributed by atoms with E-state index in [0.29, 0.717) is 5.92 Å². The van der Waals surface area contributed by atoms with Crippen molar-refractivity contribution < 1.29 is 4.74 Å². The molecule has 0 unspecified atom stereocenters. The molecule has 0 amide bonds. The predicted molar refractivity (Wildman–Crippen MR) is 81.2 cm³/mol. The molecule has 0 spiro atoms. The van der Waals surface area contributed by atoms with Gasteiger partial charge in [-0.3, -0.25) is 0 Å². The summed E-state index contributed by atoms with van der Waals surface area (Å²) in [4.78, 5) is 9.33. The van der Waals surface area contributed by atoms with Crippen LogP contribution in [0.3, 0.4) is 0 Å². The largest absolute Gasteiger partial charge is 0.381 e. The molecule has 2 rings (SSSR count). The molecule has 4 nitrogen and oxygen atoms in total. The molecule has 0 saturated carbocycles. The lowest BCUT2D eigenvalue weighted by Gasteiger charge is -2.08. The topological polar surface area (TPSA) is 47.0 Å². The maximum absolute atomic E-state index is 5.90. The van der Waals surface area contributed by atoms with Gasteiger partial charge in [0, 0.05) is 19.8 Å². The van der Waals surface area contributed by atoms with Gasteiger partial charge in [0.2, 0.25) is 5.28 Å². The number of rotatable bonds is 7. The van der Waals surface area contributed by atoms with E-state index in [1.54, 1.807) is 11.3 Å². The number of nitrogens with one attached hydrogen (secondary N) is 1. The van der Waals surface area contributed by atoms with Gasteiger partial charge in [0.05, 0.1) is 5.39 Å². The number of thiophene rings is 1. The van der Waals surface area contributed by atoms with E-state index in [1.165, 1.54) is 0 Å². The first-order chi connectivity index (χ1) is 9.16. The number of fused-ring (bicyclic) bond motifs is 1. The molecule has 0 fully saturated rings. The minimum atomic E-state index is 0.286. The standard InChI is InChI=1S/C13H18ClN3OS/c1-9(2)8-18-6-3-5-15-11-10-4-7-19-12(10)17-13(14)16-11/h4,7,9H,3,5-6,8H2,1-2H3,(H,15,16,17). The van der Waals surface area contributed by atoms with Crippen LogP contribution in [0.25, 0.3) is 10.2 Å². The van der Waals surface area contributed by atoms with Crippen molar-refractivity contribution in [2.75, 3.05) is 25.1 Å². The molecule has 19 heavy (non-hydrogen) atoms. The third-order valence-electron chi connectivity index (χ3n) is 2.51. The van der Waals surface area contributed by atoms with Crippen molar-refractivity contribution in [2.45, 2.75) is 20.3 Å². The van der Waals surface area contributed by atoms with Crippen LogP contribution in [0.5, 0.6) is 0 Å². The summed E-state index contributed by atoms with van der Waals surface area (Å²) in [6.45, 7) is 6.68. The van der Waals surface area contributed by atoms with Gasteiger partial charge in [0.15, 0.2) is 0 Å². The first-order valence-electron chi connectivity index (χ1n) is 6.39. The molecule has 0 aliphatic carbocycles. The van der Waals surface area contributed by atoms with Crippen molar-refractivity contribution in [3.8, 4) is 0 Å². The summed E-state index contributed by atoms with van der Waals surface area (Å²) in [7, 11) is 0. The second-order valence-electron chi connectivity index (χ2n) is 4.73. The molecule has 104 valence electrons. The highest BCUT2D eigenvalue weighted by Gasteiger charge is 2.06. The zero-order valence-corrected chi connectivity index (χ0v) is 12.7. The summed E-state index contributed by atoms with van der Waals surface area (Å²) in [5.41, 5.74) is 0. The maximum atomic E-state index is 5.90. The van der Waals surface area contributed by atoms with Crippen LogP contribution >= 0.6 is 22.9 Å². The first kappa shape index (κ1) is 14.5. The fraction of sp³-hybridized carbons (Fsp3) is 0.538. The minimum absolute atomic E-state index is 0.286. The molecule has 0 aromatic carbocycles. The van der Waals surface area contributed by atoms with E-state index >= 15 is 0 Å². The summed E-state index contributed by atoms with van der Waals surface area (Å²) >= 11 is 7.46. The van der Waals surface area contributed by atoms with Gasteiger partial charge in [-0.25, -0.2) is 9.97 Å². The van der Waals surface area contributed by atoms with Crippen LogP contribution < -0.4 is 5.32 Å². The number of hydrogen-bond acceptors (Lipinski definition) is 5. The lowest BCUT2D eigenvalue weighted by atomic mass is 10.2. The molecule has 0 bridgehead atoms. The molecule has 2 heterocycles. The van der Waals surface area contributed by atoms with Crippen LogP contribution in [-0.4, -0.2) is 29.7 Å². The Morgan fingerprint density at radius 1 is 1.42 bits per heavy atom. The summed E-state index contributed by atoms with van der Waals surface area (Å²) < 4.78 is 5.53. The first-order valence-corrected chi connectivity index (χ1v) is 7.65. The second kappa shape index (κ2) is 7.03. The van der Waals surface area contributed by atoms with Crippen molar-refractivity contribution >= 4 is 39.0 Å². The number of nitrogens with zero attached hydrogens (tertiary/aromatic N) is 2. The molecular formula is C13H18ClN3OS. The average Bonchev–Trinajstić information content (AvgIpc) is 2.80. The van der Waals surface area contributed by atoms with Crippen LogP contribution in [0.1, 0.15) is 20.3 Å². The SMILES string of the molecule is CC(C)COCCCNc1nc(Cl)nc2sccc12. The molecule has 0 aliphatic heterocycles. The summed E-state index contributed by atoms with van der Waals surface area (Å²) in [5.74, 6) is 1.39. The molecule has 0 atom stereocenters.